The van der Waals surface area contributed by atoms with E-state index in [0.29, 0.717) is 65.0 Å². The van der Waals surface area contributed by atoms with E-state index < -0.39 is 33.2 Å². The number of nitrogens with zero attached hydrogens (tertiary/aromatic N) is 10. The van der Waals surface area contributed by atoms with Crippen molar-refractivity contribution in [3.05, 3.63) is 212 Å². The molecule has 0 aliphatic heterocycles. The second kappa shape index (κ2) is 48.3. The Hall–Kier alpha value is -8.11. The predicted octanol–water partition coefficient (Wildman–Crippen LogP) is 14.4. The molecule has 4 aromatic carbocycles. The number of aromatic amines is 1. The van der Waals surface area contributed by atoms with Gasteiger partial charge in [0.25, 0.3) is 22.2 Å². The number of nitrogen functional groups attached to an aromatic ring is 4. The van der Waals surface area contributed by atoms with E-state index in [2.05, 4.69) is 120 Å². The maximum absolute atomic E-state index is 12.1. The van der Waals surface area contributed by atoms with Crippen LogP contribution in [-0.2, 0) is 57.1 Å². The number of nitrogens with two attached hydrogens (primary N) is 5. The molecule has 113 heavy (non-hydrogen) atoms. The molecule has 8 rings (SSSR count). The molecule has 0 radical (unpaired) electrons. The first-order valence-electron chi connectivity index (χ1n) is 35.9. The van der Waals surface area contributed by atoms with Crippen LogP contribution in [0.25, 0.3) is 14.5 Å². The summed E-state index contributed by atoms with van der Waals surface area (Å²) in [6, 6.07) is 22.8. The molecule has 0 bridgehead atoms. The van der Waals surface area contributed by atoms with Crippen molar-refractivity contribution in [2.75, 3.05) is 81.6 Å². The Kier molecular flexibility index (Phi) is 44.0. The largest absolute Gasteiger partial charge is 1.00 e. The summed E-state index contributed by atoms with van der Waals surface area (Å²) in [4.78, 5) is 67.1. The first-order chi connectivity index (χ1) is 52.0. The molecule has 0 aliphatic carbocycles. The van der Waals surface area contributed by atoms with Gasteiger partial charge in [-0.15, -0.1) is 0 Å². The molecule has 33 heteroatoms. The maximum Gasteiger partial charge on any atom is 1.00 e. The monoisotopic (exact) mass is 1680 g/mol. The van der Waals surface area contributed by atoms with Crippen LogP contribution >= 0.6 is 50.5 Å². The number of nitrogens with one attached hydrogen (secondary N) is 3. The van der Waals surface area contributed by atoms with Crippen LogP contribution in [-0.4, -0.2) is 104 Å². The molecule has 4 aromatic heterocycles. The van der Waals surface area contributed by atoms with E-state index in [1.165, 1.54) is 12.8 Å². The van der Waals surface area contributed by atoms with Gasteiger partial charge in [0.05, 0.1) is 39.5 Å². The number of aromatic nitrogens is 8. The van der Waals surface area contributed by atoms with E-state index in [0.717, 1.165) is 135 Å². The van der Waals surface area contributed by atoms with Crippen molar-refractivity contribution in [1.29, 1.82) is 0 Å². The van der Waals surface area contributed by atoms with Gasteiger partial charge in [0.15, 0.2) is 0 Å². The fourth-order valence-electron chi connectivity index (χ4n) is 10.8. The van der Waals surface area contributed by atoms with E-state index >= 15 is 0 Å². The molecule has 0 amide bonds. The molecule has 8 aromatic rings. The molecule has 0 spiro atoms. The molecule has 15 N–H and O–H groups in total. The van der Waals surface area contributed by atoms with Crippen LogP contribution in [0.4, 0.5) is 35.4 Å². The van der Waals surface area contributed by atoms with Crippen molar-refractivity contribution >= 4 is 91.9 Å². The zero-order valence-electron chi connectivity index (χ0n) is 68.7. The van der Waals surface area contributed by atoms with E-state index in [1.54, 1.807) is 55.3 Å². The minimum Gasteiger partial charge on any atom is -0.870 e. The van der Waals surface area contributed by atoms with Crippen molar-refractivity contribution in [3.63, 3.8) is 0 Å². The Balaban J connectivity index is 0.000000720. The predicted molar refractivity (Wildman–Crippen MR) is 453 cm³/mol. The summed E-state index contributed by atoms with van der Waals surface area (Å²) in [6.07, 6.45) is 8.62. The standard InChI is InChI=1S/C21H29N5O.C21H30N4O3.C17H19ClN4O.C17H20N4O2.C4H11N.Cl3OP.K.H2O/c1-7-8-11-24-19-17(14(2)25-20(22)26-19)13-15-12-16(21(3,4)23-5)9-10-18(15)27-6;1-6-7-10-23-18-16(13(2)24-20(22)25-18)12-14-11-15(8-9-17(14)28-5)21(3,4)19(26)27;1-10-13(15(18)22-16(19)21-10)9-11-8-12(17(2,3)20-4)6-7-14(11)23-5;1-10-13(15(22)21-16(18)20-10)9-11-8-12(17(2,3)19-4)6-7-14(11)23-5;1-2-3-4-5;1-5(2,3)4;;/h9-10,12H,7-8,11,13H2,1-4,6H3,(H3,22,24,25,26);8-9,11H,6-7,10,12H2,1-5H3,(H,26,27)(H3,22,23,24,25);6-8H,9H2,1-3,5H3,(H2,19,21,22);6-8H,9H2,1-3,5H3,(H3,18,20,21,22);2-5H2,1H3;;;1H2/q;;;;;;+1;/p-1. The molecule has 0 atom stereocenters. The third kappa shape index (κ3) is 32.2. The molecule has 27 nitrogen and oxygen atoms in total. The zero-order valence-corrected chi connectivity index (χ0v) is 75.7. The number of anilines is 6. The van der Waals surface area contributed by atoms with Gasteiger partial charge in [-0.05, 0) is 190 Å². The number of aliphatic carboxylic acids is 1. The number of methoxy groups -OCH3 is 4. The number of carboxylic acid groups (broad SMARTS) is 1. The van der Waals surface area contributed by atoms with E-state index in [1.807, 2.05) is 129 Å². The molecule has 0 saturated heterocycles. The van der Waals surface area contributed by atoms with E-state index in [4.69, 9.17) is 78.9 Å². The average Bonchev–Trinajstić information content (AvgIpc) is 0.803. The summed E-state index contributed by atoms with van der Waals surface area (Å²) >= 11 is 20.1. The maximum atomic E-state index is 12.1. The smallest absolute Gasteiger partial charge is 0.870 e. The van der Waals surface area contributed by atoms with Crippen molar-refractivity contribution in [3.8, 4) is 23.0 Å². The number of hydrogen-bond donors (Lipinski definition) is 9. The van der Waals surface area contributed by atoms with Crippen LogP contribution in [0.1, 0.15) is 204 Å². The first kappa shape index (κ1) is 103. The van der Waals surface area contributed by atoms with Gasteiger partial charge < -0.3 is 83.4 Å². The number of aryl methyl sites for hydroxylation is 4. The Morgan fingerprint density at radius 1 is 0.513 bits per heavy atom. The van der Waals surface area contributed by atoms with Gasteiger partial charge in [0.1, 0.15) is 39.8 Å². The van der Waals surface area contributed by atoms with Crippen LogP contribution in [0.5, 0.6) is 23.0 Å². The quantitative estimate of drug-likeness (QED) is 0.00759. The fraction of sp³-hybridized carbons (Fsp3) is 0.450. The number of unbranched alkanes of at least 4 members (excludes halogenated alkanes) is 3. The number of halogens is 4. The number of H-pyrrole nitrogens is 1. The Labute approximate surface area is 728 Å². The minimum atomic E-state index is -3.22. The SMILES string of the molecule is CCCCN.CCCCNc1nc(N)nc(C)c1Cc1cc(C(C)(C)C(=O)O)ccc1OC.O=P(Cl)(Cl)Cl.[C-]#[N+]C(C)(C)c1ccc(OC)c(Cc2c(C)nc(N)[nH]c2=O)c1.[C-]#[N+]C(C)(C)c1ccc(OC)c(Cc2c(C)nc(N)nc2Cl)c1.[C-]#[N+]C(C)(C)c1ccc(OC)c(Cc2c(C)nc(N)nc2NCCCC)c1.[K+].[OH-]. The topological polar surface area (TPSA) is 412 Å². The van der Waals surface area contributed by atoms with Gasteiger partial charge in [-0.2, -0.15) is 9.97 Å². The Morgan fingerprint density at radius 3 is 1.09 bits per heavy atom. The summed E-state index contributed by atoms with van der Waals surface area (Å²) in [5, 5.41) is 13.4. The second-order valence-corrected chi connectivity index (χ2v) is 34.8. The number of ether oxygens (including phenoxy) is 4. The van der Waals surface area contributed by atoms with Crippen LogP contribution in [0.15, 0.2) is 77.6 Å². The zero-order chi connectivity index (χ0) is 83.9. The molecule has 4 heterocycles. The minimum absolute atomic E-state index is 0. The van der Waals surface area contributed by atoms with E-state index in [9.17, 15) is 19.3 Å². The third-order valence-electron chi connectivity index (χ3n) is 17.9. The number of benzene rings is 4. The number of hydrogen-bond acceptors (Lipinski definition) is 22. The number of rotatable bonds is 27. The van der Waals surface area contributed by atoms with Crippen molar-refractivity contribution in [1.82, 2.24) is 39.9 Å². The van der Waals surface area contributed by atoms with Crippen molar-refractivity contribution < 1.29 is 90.3 Å². The van der Waals surface area contributed by atoms with Crippen LogP contribution < -0.4 is 115 Å². The second-order valence-electron chi connectivity index (χ2n) is 27.8. The number of carboxylic acids is 1. The Morgan fingerprint density at radius 2 is 0.805 bits per heavy atom. The van der Waals surface area contributed by atoms with Gasteiger partial charge in [0, 0.05) is 136 Å². The third-order valence-corrected chi connectivity index (χ3v) is 18.2. The van der Waals surface area contributed by atoms with Gasteiger partial charge in [-0.25, -0.2) is 44.6 Å². The van der Waals surface area contributed by atoms with Crippen LogP contribution in [0.2, 0.25) is 5.15 Å². The van der Waals surface area contributed by atoms with Gasteiger partial charge in [-0.3, -0.25) is 19.1 Å². The summed E-state index contributed by atoms with van der Waals surface area (Å²) in [7, 11) is 6.46. The summed E-state index contributed by atoms with van der Waals surface area (Å²) in [6.45, 7) is 53.2. The molecule has 0 fully saturated rings. The molecular formula is C80H110Cl4KN18O9P. The van der Waals surface area contributed by atoms with Gasteiger partial charge >= 0.3 is 62.6 Å². The number of carbonyl (C=O) groups is 1. The molecule has 608 valence electrons. The first-order valence-corrected chi connectivity index (χ1v) is 40.7. The van der Waals surface area contributed by atoms with Crippen LogP contribution in [0, 0.1) is 47.4 Å². The summed E-state index contributed by atoms with van der Waals surface area (Å²) in [5.41, 5.74) is 38.3. The van der Waals surface area contributed by atoms with Gasteiger partial charge in [0.2, 0.25) is 23.8 Å². The molecule has 0 saturated carbocycles. The fourth-order valence-corrected chi connectivity index (χ4v) is 11.1. The summed E-state index contributed by atoms with van der Waals surface area (Å²) in [5.74, 6) is 4.25. The Bertz CT molecular complexity index is 4670. The van der Waals surface area contributed by atoms with Crippen LogP contribution in [0.3, 0.4) is 0 Å². The molecule has 0 unspecified atom stereocenters. The average molecular weight is 1680 g/mol. The molecular weight excluding hydrogens is 1570 g/mol. The van der Waals surface area contributed by atoms with E-state index in [-0.39, 0.29) is 86.2 Å². The van der Waals surface area contributed by atoms with Crippen molar-refractivity contribution in [2.24, 2.45) is 5.73 Å². The van der Waals surface area contributed by atoms with Gasteiger partial charge in [-0.1, -0.05) is 63.8 Å². The normalized spacial score (nSPS) is 10.9. The molecule has 0 aliphatic rings. The van der Waals surface area contributed by atoms with Crippen molar-refractivity contribution in [2.45, 2.75) is 190 Å². The summed E-state index contributed by atoms with van der Waals surface area (Å²) < 4.78 is 31.4.